The van der Waals surface area contributed by atoms with Gasteiger partial charge in [-0.1, -0.05) is 18.2 Å². The van der Waals surface area contributed by atoms with Crippen molar-refractivity contribution >= 4 is 11.6 Å². The van der Waals surface area contributed by atoms with Gasteiger partial charge in [0.05, 0.1) is 6.61 Å². The zero-order valence-electron chi connectivity index (χ0n) is 10.7. The van der Waals surface area contributed by atoms with Crippen molar-refractivity contribution < 1.29 is 19.0 Å². The molecule has 0 bridgehead atoms. The summed E-state index contributed by atoms with van der Waals surface area (Å²) in [6.07, 6.45) is 0. The molecule has 0 unspecified atom stereocenters. The minimum atomic E-state index is -0.414. The summed E-state index contributed by atoms with van der Waals surface area (Å²) in [6.45, 7) is -0.248. The third-order valence-electron chi connectivity index (χ3n) is 2.59. The van der Waals surface area contributed by atoms with Gasteiger partial charge in [0.25, 0.3) is 5.91 Å². The fourth-order valence-corrected chi connectivity index (χ4v) is 1.60. The standard InChI is InChI=1S/C15H14FNO3/c16-12-2-1-3-14(8-12)20-10-15(19)17-13-6-4-11(9-18)5-7-13/h1-8,18H,9-10H2,(H,17,19). The first kappa shape index (κ1) is 14.0. The third kappa shape index (κ3) is 4.07. The number of nitrogens with one attached hydrogen (secondary N) is 1. The molecule has 0 spiro atoms. The molecule has 0 saturated carbocycles. The van der Waals surface area contributed by atoms with Gasteiger partial charge < -0.3 is 15.2 Å². The Labute approximate surface area is 115 Å². The number of rotatable bonds is 5. The molecular weight excluding hydrogens is 261 g/mol. The second kappa shape index (κ2) is 6.68. The molecule has 0 aliphatic rings. The van der Waals surface area contributed by atoms with Gasteiger partial charge in [0.15, 0.2) is 6.61 Å². The molecule has 2 aromatic rings. The molecule has 20 heavy (non-hydrogen) atoms. The predicted molar refractivity (Wildman–Crippen MR) is 72.9 cm³/mol. The van der Waals surface area contributed by atoms with Gasteiger partial charge in [0, 0.05) is 11.8 Å². The molecule has 0 aliphatic heterocycles. The number of aliphatic hydroxyl groups is 1. The number of halogens is 1. The molecule has 5 heteroatoms. The van der Waals surface area contributed by atoms with E-state index in [9.17, 15) is 9.18 Å². The largest absolute Gasteiger partial charge is 0.484 e. The lowest BCUT2D eigenvalue weighted by molar-refractivity contribution is -0.118. The number of ether oxygens (including phenoxy) is 1. The Morgan fingerprint density at radius 2 is 1.95 bits per heavy atom. The van der Waals surface area contributed by atoms with Gasteiger partial charge >= 0.3 is 0 Å². The number of benzene rings is 2. The molecule has 0 saturated heterocycles. The third-order valence-corrected chi connectivity index (χ3v) is 2.59. The van der Waals surface area contributed by atoms with Crippen molar-refractivity contribution in [3.63, 3.8) is 0 Å². The first-order valence-electron chi connectivity index (χ1n) is 6.05. The van der Waals surface area contributed by atoms with Crippen molar-refractivity contribution in [2.75, 3.05) is 11.9 Å². The van der Waals surface area contributed by atoms with Gasteiger partial charge in [0.2, 0.25) is 0 Å². The average molecular weight is 275 g/mol. The van der Waals surface area contributed by atoms with Crippen LogP contribution >= 0.6 is 0 Å². The van der Waals surface area contributed by atoms with Crippen molar-refractivity contribution in [3.05, 3.63) is 59.9 Å². The van der Waals surface area contributed by atoms with E-state index < -0.39 is 5.82 Å². The minimum absolute atomic E-state index is 0.0447. The Bertz CT molecular complexity index is 584. The van der Waals surface area contributed by atoms with E-state index in [1.165, 1.54) is 18.2 Å². The Balaban J connectivity index is 1.85. The maximum Gasteiger partial charge on any atom is 0.262 e. The van der Waals surface area contributed by atoms with Crippen LogP contribution in [-0.2, 0) is 11.4 Å². The summed E-state index contributed by atoms with van der Waals surface area (Å²) in [5.41, 5.74) is 1.37. The summed E-state index contributed by atoms with van der Waals surface area (Å²) < 4.78 is 18.1. The van der Waals surface area contributed by atoms with Crippen molar-refractivity contribution in [2.24, 2.45) is 0 Å². The van der Waals surface area contributed by atoms with Crippen LogP contribution in [0.3, 0.4) is 0 Å². The van der Waals surface area contributed by atoms with E-state index in [-0.39, 0.29) is 19.1 Å². The highest BCUT2D eigenvalue weighted by Crippen LogP contribution is 2.12. The molecule has 2 aromatic carbocycles. The summed E-state index contributed by atoms with van der Waals surface area (Å²) in [5, 5.41) is 11.5. The number of hydrogen-bond donors (Lipinski definition) is 2. The Morgan fingerprint density at radius 1 is 1.20 bits per heavy atom. The number of hydrogen-bond acceptors (Lipinski definition) is 3. The molecule has 2 N–H and O–H groups in total. The predicted octanol–water partition coefficient (Wildman–Crippen LogP) is 2.34. The van der Waals surface area contributed by atoms with Crippen LogP contribution in [0.5, 0.6) is 5.75 Å². The monoisotopic (exact) mass is 275 g/mol. The van der Waals surface area contributed by atoms with E-state index in [1.807, 2.05) is 0 Å². The second-order valence-corrected chi connectivity index (χ2v) is 4.15. The van der Waals surface area contributed by atoms with Gasteiger partial charge in [-0.15, -0.1) is 0 Å². The first-order valence-corrected chi connectivity index (χ1v) is 6.05. The van der Waals surface area contributed by atoms with Crippen LogP contribution in [0.1, 0.15) is 5.56 Å². The molecular formula is C15H14FNO3. The van der Waals surface area contributed by atoms with Crippen LogP contribution in [0.15, 0.2) is 48.5 Å². The lowest BCUT2D eigenvalue weighted by Gasteiger charge is -2.08. The number of amides is 1. The zero-order valence-corrected chi connectivity index (χ0v) is 10.7. The molecule has 0 atom stereocenters. The van der Waals surface area contributed by atoms with Gasteiger partial charge in [-0.3, -0.25) is 4.79 Å². The highest BCUT2D eigenvalue weighted by molar-refractivity contribution is 5.91. The van der Waals surface area contributed by atoms with Crippen molar-refractivity contribution in [1.82, 2.24) is 0 Å². The lowest BCUT2D eigenvalue weighted by atomic mass is 10.2. The van der Waals surface area contributed by atoms with Gasteiger partial charge in [-0.25, -0.2) is 4.39 Å². The molecule has 0 aromatic heterocycles. The lowest BCUT2D eigenvalue weighted by Crippen LogP contribution is -2.20. The second-order valence-electron chi connectivity index (χ2n) is 4.15. The summed E-state index contributed by atoms with van der Waals surface area (Å²) in [4.78, 5) is 11.6. The molecule has 2 rings (SSSR count). The Hall–Kier alpha value is -2.40. The molecule has 0 aliphatic carbocycles. The smallest absolute Gasteiger partial charge is 0.262 e. The highest BCUT2D eigenvalue weighted by atomic mass is 19.1. The summed E-state index contributed by atoms with van der Waals surface area (Å²) in [6, 6.07) is 12.4. The topological polar surface area (TPSA) is 58.6 Å². The van der Waals surface area contributed by atoms with Crippen LogP contribution in [0.4, 0.5) is 10.1 Å². The number of carbonyl (C=O) groups excluding carboxylic acids is 1. The maximum absolute atomic E-state index is 12.9. The van der Waals surface area contributed by atoms with Gasteiger partial charge in [0.1, 0.15) is 11.6 Å². The summed E-state index contributed by atoms with van der Waals surface area (Å²) in [5.74, 6) is -0.454. The van der Waals surface area contributed by atoms with E-state index in [4.69, 9.17) is 9.84 Å². The normalized spacial score (nSPS) is 10.1. The number of anilines is 1. The Kier molecular flexibility index (Phi) is 4.68. The van der Waals surface area contributed by atoms with E-state index in [0.29, 0.717) is 11.4 Å². The van der Waals surface area contributed by atoms with Crippen molar-refractivity contribution in [3.8, 4) is 5.75 Å². The van der Waals surface area contributed by atoms with Gasteiger partial charge in [-0.05, 0) is 29.8 Å². The van der Waals surface area contributed by atoms with Crippen molar-refractivity contribution in [1.29, 1.82) is 0 Å². The van der Waals surface area contributed by atoms with Crippen LogP contribution in [-0.4, -0.2) is 17.6 Å². The number of carbonyl (C=O) groups is 1. The highest BCUT2D eigenvalue weighted by Gasteiger charge is 2.04. The Morgan fingerprint density at radius 3 is 2.60 bits per heavy atom. The number of aliphatic hydroxyl groups excluding tert-OH is 1. The van der Waals surface area contributed by atoms with E-state index in [0.717, 1.165) is 5.56 Å². The quantitative estimate of drug-likeness (QED) is 0.880. The fraction of sp³-hybridized carbons (Fsp3) is 0.133. The molecule has 0 fully saturated rings. The maximum atomic E-state index is 12.9. The SMILES string of the molecule is O=C(COc1cccc(F)c1)Nc1ccc(CO)cc1. The van der Waals surface area contributed by atoms with Crippen LogP contribution in [0, 0.1) is 5.82 Å². The average Bonchev–Trinajstić information content (AvgIpc) is 2.46. The van der Waals surface area contributed by atoms with Crippen LogP contribution in [0.25, 0.3) is 0 Å². The van der Waals surface area contributed by atoms with E-state index in [1.54, 1.807) is 30.3 Å². The first-order chi connectivity index (χ1) is 9.67. The van der Waals surface area contributed by atoms with Gasteiger partial charge in [-0.2, -0.15) is 0 Å². The molecule has 1 amide bonds. The van der Waals surface area contributed by atoms with E-state index >= 15 is 0 Å². The molecule has 104 valence electrons. The van der Waals surface area contributed by atoms with Crippen molar-refractivity contribution in [2.45, 2.75) is 6.61 Å². The molecule has 0 heterocycles. The summed E-state index contributed by atoms with van der Waals surface area (Å²) >= 11 is 0. The molecule has 4 nitrogen and oxygen atoms in total. The molecule has 0 radical (unpaired) electrons. The zero-order chi connectivity index (χ0) is 14.4. The summed E-state index contributed by atoms with van der Waals surface area (Å²) in [7, 11) is 0. The van der Waals surface area contributed by atoms with E-state index in [2.05, 4.69) is 5.32 Å². The fourth-order valence-electron chi connectivity index (χ4n) is 1.60. The van der Waals surface area contributed by atoms with Crippen LogP contribution in [0.2, 0.25) is 0 Å². The minimum Gasteiger partial charge on any atom is -0.484 e. The van der Waals surface area contributed by atoms with Crippen LogP contribution < -0.4 is 10.1 Å².